The zero-order chi connectivity index (χ0) is 53.3. The summed E-state index contributed by atoms with van der Waals surface area (Å²) in [6, 6.07) is 66.1. The number of benzene rings is 12. The fourth-order valence-corrected chi connectivity index (χ4v) is 13.3. The van der Waals surface area contributed by atoms with Gasteiger partial charge in [0.25, 0.3) is 0 Å². The maximum atomic E-state index is 2.53. The fourth-order valence-electron chi connectivity index (χ4n) is 13.3. The van der Waals surface area contributed by atoms with Crippen LogP contribution in [0.2, 0.25) is 0 Å². The number of hydrogen-bond donors (Lipinski definition) is 0. The van der Waals surface area contributed by atoms with Gasteiger partial charge in [-0.1, -0.05) is 175 Å². The van der Waals surface area contributed by atoms with Crippen molar-refractivity contribution in [2.24, 2.45) is 0 Å². The minimum absolute atomic E-state index is 0.0440. The van der Waals surface area contributed by atoms with E-state index in [1.807, 2.05) is 0 Å². The third kappa shape index (κ3) is 7.95. The molecule has 0 fully saturated rings. The van der Waals surface area contributed by atoms with Crippen molar-refractivity contribution in [3.8, 4) is 55.6 Å². The predicted molar refractivity (Wildman–Crippen MR) is 334 cm³/mol. The van der Waals surface area contributed by atoms with Crippen LogP contribution in [0.25, 0.3) is 120 Å². The molecule has 0 heterocycles. The van der Waals surface area contributed by atoms with Crippen molar-refractivity contribution in [1.29, 1.82) is 0 Å². The van der Waals surface area contributed by atoms with E-state index in [1.165, 1.54) is 176 Å². The number of rotatable bonds is 5. The molecule has 0 radical (unpaired) electrons. The maximum Gasteiger partial charge on any atom is -0.00921 e. The van der Waals surface area contributed by atoms with Crippen molar-refractivity contribution in [1.82, 2.24) is 0 Å². The highest BCUT2D eigenvalue weighted by atomic mass is 14.3. The molecule has 76 heavy (non-hydrogen) atoms. The summed E-state index contributed by atoms with van der Waals surface area (Å²) in [5, 5.41) is 15.4. The van der Waals surface area contributed by atoms with Crippen LogP contribution in [-0.2, 0) is 10.8 Å². The second-order valence-electron chi connectivity index (χ2n) is 24.5. The van der Waals surface area contributed by atoms with Crippen molar-refractivity contribution in [2.45, 2.75) is 108 Å². The lowest BCUT2D eigenvalue weighted by Gasteiger charge is -2.24. The minimum atomic E-state index is 0.0440. The Morgan fingerprint density at radius 3 is 0.842 bits per heavy atom. The van der Waals surface area contributed by atoms with Gasteiger partial charge >= 0.3 is 0 Å². The molecule has 0 saturated heterocycles. The first-order valence-electron chi connectivity index (χ1n) is 27.5. The molecule has 0 heteroatoms. The Morgan fingerprint density at radius 1 is 0.211 bits per heavy atom. The Labute approximate surface area is 451 Å². The molecule has 0 atom stereocenters. The second kappa shape index (κ2) is 17.9. The average molecular weight is 983 g/mol. The summed E-state index contributed by atoms with van der Waals surface area (Å²) in [7, 11) is 0. The van der Waals surface area contributed by atoms with Crippen LogP contribution >= 0.6 is 0 Å². The molecule has 0 saturated carbocycles. The standard InChI is InChI=1S/C76H70/c1-43-21-19-22-44(2)71(43)67-40-65-59-31-29-52(38-62(59)70(72-45(3)23-20-24-46(72)4)41-63(65)55-25-15-17-27-57(55)67)51-30-32-60-61(37-51)66-42-68(73-47(5)33-53(34-48(73)6)75(9,10)11)58-28-18-16-26-56(58)64(66)39-69(60)74-49(7)35-54(36-50(74)8)76(12,13)14/h15-42H,1-14H3. The quantitative estimate of drug-likeness (QED) is 0.151. The Balaban J connectivity index is 1.18. The summed E-state index contributed by atoms with van der Waals surface area (Å²) in [5.74, 6) is 0. The second-order valence-corrected chi connectivity index (χ2v) is 24.5. The van der Waals surface area contributed by atoms with Gasteiger partial charge in [-0.05, 0) is 279 Å². The van der Waals surface area contributed by atoms with E-state index in [9.17, 15) is 0 Å². The molecule has 12 aromatic carbocycles. The van der Waals surface area contributed by atoms with Crippen LogP contribution in [0.15, 0.2) is 170 Å². The van der Waals surface area contributed by atoms with Gasteiger partial charge in [-0.2, -0.15) is 0 Å². The lowest BCUT2D eigenvalue weighted by Crippen LogP contribution is -2.12. The van der Waals surface area contributed by atoms with E-state index in [0.717, 1.165) is 0 Å². The molecule has 12 aromatic rings. The lowest BCUT2D eigenvalue weighted by atomic mass is 9.80. The molecule has 0 bridgehead atoms. The zero-order valence-electron chi connectivity index (χ0n) is 47.2. The van der Waals surface area contributed by atoms with Gasteiger partial charge in [0.2, 0.25) is 0 Å². The third-order valence-electron chi connectivity index (χ3n) is 17.1. The highest BCUT2D eigenvalue weighted by molar-refractivity contribution is 6.26. The van der Waals surface area contributed by atoms with E-state index >= 15 is 0 Å². The SMILES string of the molecule is Cc1cccc(C)c1-c1cc2c3ccc(-c4ccc5c(-c6c(C)cc(C(C)(C)C)cc6C)cc6c7ccccc7c(-c7c(C)cc(C(C)(C)C)cc7C)cc6c5c4)cc3c(-c3c(C)cccc3C)cc2c2ccccc12. The van der Waals surface area contributed by atoms with Crippen LogP contribution in [-0.4, -0.2) is 0 Å². The molecule has 0 aliphatic heterocycles. The monoisotopic (exact) mass is 983 g/mol. The third-order valence-corrected chi connectivity index (χ3v) is 17.1. The van der Waals surface area contributed by atoms with Gasteiger partial charge in [-0.15, -0.1) is 0 Å². The maximum absolute atomic E-state index is 2.53. The Kier molecular flexibility index (Phi) is 11.6. The van der Waals surface area contributed by atoms with Gasteiger partial charge in [0.1, 0.15) is 0 Å². The number of fused-ring (bicyclic) bond motifs is 10. The molecule has 0 spiro atoms. The van der Waals surface area contributed by atoms with Crippen molar-refractivity contribution in [3.05, 3.63) is 225 Å². The van der Waals surface area contributed by atoms with Gasteiger partial charge in [0.05, 0.1) is 0 Å². The van der Waals surface area contributed by atoms with E-state index in [0.29, 0.717) is 0 Å². The highest BCUT2D eigenvalue weighted by Crippen LogP contribution is 2.49. The van der Waals surface area contributed by atoms with Crippen LogP contribution in [0.1, 0.15) is 97.2 Å². The molecular formula is C76H70. The van der Waals surface area contributed by atoms with E-state index in [4.69, 9.17) is 0 Å². The summed E-state index contributed by atoms with van der Waals surface area (Å²) in [5.41, 5.74) is 26.2. The smallest absolute Gasteiger partial charge is 0.00921 e. The van der Waals surface area contributed by atoms with Crippen LogP contribution in [0.4, 0.5) is 0 Å². The largest absolute Gasteiger partial charge is 0.0617 e. The van der Waals surface area contributed by atoms with Crippen molar-refractivity contribution >= 4 is 64.6 Å². The van der Waals surface area contributed by atoms with Gasteiger partial charge in [-0.25, -0.2) is 0 Å². The normalized spacial score (nSPS) is 12.3. The van der Waals surface area contributed by atoms with E-state index in [-0.39, 0.29) is 10.8 Å². The average Bonchev–Trinajstić information content (AvgIpc) is 3.54. The van der Waals surface area contributed by atoms with E-state index in [1.54, 1.807) is 0 Å². The topological polar surface area (TPSA) is 0 Å². The van der Waals surface area contributed by atoms with Gasteiger partial charge in [0.15, 0.2) is 0 Å². The number of aryl methyl sites for hydroxylation is 8. The molecule has 0 aromatic heterocycles. The molecule has 374 valence electrons. The Hall–Kier alpha value is -7.80. The summed E-state index contributed by atoms with van der Waals surface area (Å²) >= 11 is 0. The van der Waals surface area contributed by atoms with Crippen molar-refractivity contribution < 1.29 is 0 Å². The van der Waals surface area contributed by atoms with Gasteiger partial charge < -0.3 is 0 Å². The molecule has 0 aliphatic rings. The zero-order valence-corrected chi connectivity index (χ0v) is 47.2. The van der Waals surface area contributed by atoms with Gasteiger partial charge in [0, 0.05) is 0 Å². The first-order valence-corrected chi connectivity index (χ1v) is 27.5. The van der Waals surface area contributed by atoms with Gasteiger partial charge in [-0.3, -0.25) is 0 Å². The molecular weight excluding hydrogens is 913 g/mol. The van der Waals surface area contributed by atoms with E-state index < -0.39 is 0 Å². The predicted octanol–water partition coefficient (Wildman–Crippen LogP) is 22.0. The first kappa shape index (κ1) is 49.1. The highest BCUT2D eigenvalue weighted by Gasteiger charge is 2.24. The van der Waals surface area contributed by atoms with Crippen LogP contribution in [0.5, 0.6) is 0 Å². The van der Waals surface area contributed by atoms with Crippen molar-refractivity contribution in [3.63, 3.8) is 0 Å². The van der Waals surface area contributed by atoms with E-state index in [2.05, 4.69) is 267 Å². The summed E-state index contributed by atoms with van der Waals surface area (Å²) in [6.45, 7) is 32.2. The summed E-state index contributed by atoms with van der Waals surface area (Å²) < 4.78 is 0. The molecule has 0 unspecified atom stereocenters. The van der Waals surface area contributed by atoms with Crippen LogP contribution in [0.3, 0.4) is 0 Å². The first-order chi connectivity index (χ1) is 36.3. The summed E-state index contributed by atoms with van der Waals surface area (Å²) in [6.07, 6.45) is 0. The van der Waals surface area contributed by atoms with Crippen LogP contribution in [0, 0.1) is 55.4 Å². The molecule has 0 N–H and O–H groups in total. The number of hydrogen-bond acceptors (Lipinski definition) is 0. The molecule has 0 nitrogen and oxygen atoms in total. The Morgan fingerprint density at radius 2 is 0.474 bits per heavy atom. The van der Waals surface area contributed by atoms with Crippen molar-refractivity contribution in [2.75, 3.05) is 0 Å². The molecule has 0 amide bonds. The molecule has 12 rings (SSSR count). The minimum Gasteiger partial charge on any atom is -0.0617 e. The fraction of sp³-hybridized carbons (Fsp3) is 0.211. The lowest BCUT2D eigenvalue weighted by molar-refractivity contribution is 0.589. The van der Waals surface area contributed by atoms with Crippen LogP contribution < -0.4 is 0 Å². The Bertz CT molecular complexity index is 4340. The molecule has 0 aliphatic carbocycles. The summed E-state index contributed by atoms with van der Waals surface area (Å²) in [4.78, 5) is 0.